The van der Waals surface area contributed by atoms with Crippen molar-refractivity contribution in [2.24, 2.45) is 11.8 Å². The first-order valence-corrected chi connectivity index (χ1v) is 10.6. The van der Waals surface area contributed by atoms with Gasteiger partial charge < -0.3 is 14.7 Å². The maximum Gasteiger partial charge on any atom is 0.222 e. The quantitative estimate of drug-likeness (QED) is 0.691. The highest BCUT2D eigenvalue weighted by molar-refractivity contribution is 5.76. The van der Waals surface area contributed by atoms with Crippen LogP contribution >= 0.6 is 0 Å². The van der Waals surface area contributed by atoms with E-state index in [0.717, 1.165) is 57.4 Å². The van der Waals surface area contributed by atoms with Gasteiger partial charge in [0.2, 0.25) is 5.91 Å². The molecule has 4 heteroatoms. The highest BCUT2D eigenvalue weighted by atomic mass is 16.2. The lowest BCUT2D eigenvalue weighted by Crippen LogP contribution is -2.48. The standard InChI is InChI=1S/C21H37N3O/c1-2-22-14-16-24(17-15-22)21(25)9-8-19-10-12-23(13-11-19)18-20-6-4-3-5-7-20/h3-4,19-20H,2,5-18H2,1H3/t20-/m1/s1. The highest BCUT2D eigenvalue weighted by Gasteiger charge is 2.24. The number of piperazine rings is 1. The number of nitrogens with zero attached hydrogens (tertiary/aromatic N) is 3. The van der Waals surface area contributed by atoms with E-state index in [0.29, 0.717) is 5.91 Å². The second-order valence-electron chi connectivity index (χ2n) is 8.25. The van der Waals surface area contributed by atoms with E-state index < -0.39 is 0 Å². The molecule has 0 N–H and O–H groups in total. The molecule has 0 radical (unpaired) electrons. The molecular formula is C21H37N3O. The third-order valence-corrected chi connectivity index (χ3v) is 6.54. The van der Waals surface area contributed by atoms with E-state index in [9.17, 15) is 4.79 Å². The first-order valence-electron chi connectivity index (χ1n) is 10.6. The van der Waals surface area contributed by atoms with Gasteiger partial charge in [-0.25, -0.2) is 0 Å². The lowest BCUT2D eigenvalue weighted by Gasteiger charge is -2.36. The Hall–Kier alpha value is -0.870. The van der Waals surface area contributed by atoms with E-state index in [4.69, 9.17) is 0 Å². The third kappa shape index (κ3) is 5.82. The van der Waals surface area contributed by atoms with Crippen LogP contribution in [0.4, 0.5) is 0 Å². The van der Waals surface area contributed by atoms with Crippen molar-refractivity contribution >= 4 is 5.91 Å². The van der Waals surface area contributed by atoms with Crippen LogP contribution in [0, 0.1) is 11.8 Å². The molecule has 0 aromatic heterocycles. The average Bonchev–Trinajstić information content (AvgIpc) is 2.68. The molecule has 4 nitrogen and oxygen atoms in total. The molecule has 0 bridgehead atoms. The maximum atomic E-state index is 12.5. The molecule has 2 aliphatic heterocycles. The molecule has 1 atom stereocenters. The largest absolute Gasteiger partial charge is 0.340 e. The SMILES string of the molecule is CCN1CCN(C(=O)CCC2CCN(C[C@@H]3CC=CCC3)CC2)CC1. The topological polar surface area (TPSA) is 26.8 Å². The summed E-state index contributed by atoms with van der Waals surface area (Å²) >= 11 is 0. The fraction of sp³-hybridized carbons (Fsp3) is 0.857. The van der Waals surface area contributed by atoms with E-state index in [1.165, 1.54) is 51.7 Å². The first kappa shape index (κ1) is 18.9. The fourth-order valence-corrected chi connectivity index (χ4v) is 4.64. The van der Waals surface area contributed by atoms with Crippen molar-refractivity contribution in [1.29, 1.82) is 0 Å². The molecule has 25 heavy (non-hydrogen) atoms. The minimum atomic E-state index is 0.396. The van der Waals surface area contributed by atoms with Crippen LogP contribution in [0.5, 0.6) is 0 Å². The zero-order chi connectivity index (χ0) is 17.5. The second kappa shape index (κ2) is 9.72. The van der Waals surface area contributed by atoms with Gasteiger partial charge in [-0.3, -0.25) is 4.79 Å². The highest BCUT2D eigenvalue weighted by Crippen LogP contribution is 2.25. The molecular weight excluding hydrogens is 310 g/mol. The molecule has 1 aliphatic carbocycles. The van der Waals surface area contributed by atoms with Crippen LogP contribution in [0.2, 0.25) is 0 Å². The summed E-state index contributed by atoms with van der Waals surface area (Å²) in [6.45, 7) is 11.1. The number of likely N-dealkylation sites (N-methyl/N-ethyl adjacent to an activating group) is 1. The summed E-state index contributed by atoms with van der Waals surface area (Å²) in [6.07, 6.45) is 13.1. The maximum absolute atomic E-state index is 12.5. The molecule has 0 spiro atoms. The summed E-state index contributed by atoms with van der Waals surface area (Å²) in [5.41, 5.74) is 0. The molecule has 2 fully saturated rings. The number of likely N-dealkylation sites (tertiary alicyclic amines) is 1. The van der Waals surface area contributed by atoms with Crippen LogP contribution < -0.4 is 0 Å². The zero-order valence-electron chi connectivity index (χ0n) is 16.2. The number of carbonyl (C=O) groups is 1. The number of allylic oxidation sites excluding steroid dienone is 2. The van der Waals surface area contributed by atoms with Gasteiger partial charge in [-0.2, -0.15) is 0 Å². The van der Waals surface area contributed by atoms with Crippen LogP contribution in [0.1, 0.15) is 51.9 Å². The van der Waals surface area contributed by atoms with Crippen LogP contribution in [-0.2, 0) is 4.79 Å². The smallest absolute Gasteiger partial charge is 0.222 e. The van der Waals surface area contributed by atoms with Gasteiger partial charge in [0.25, 0.3) is 0 Å². The summed E-state index contributed by atoms with van der Waals surface area (Å²) in [6, 6.07) is 0. The van der Waals surface area contributed by atoms with Gasteiger partial charge in [0.05, 0.1) is 0 Å². The monoisotopic (exact) mass is 347 g/mol. The van der Waals surface area contributed by atoms with Crippen LogP contribution in [0.15, 0.2) is 12.2 Å². The van der Waals surface area contributed by atoms with Gasteiger partial charge in [-0.15, -0.1) is 0 Å². The normalized spacial score (nSPS) is 26.9. The summed E-state index contributed by atoms with van der Waals surface area (Å²) in [5.74, 6) is 2.04. The Morgan fingerprint density at radius 1 is 0.920 bits per heavy atom. The molecule has 3 aliphatic rings. The second-order valence-corrected chi connectivity index (χ2v) is 8.25. The van der Waals surface area contributed by atoms with Gasteiger partial charge >= 0.3 is 0 Å². The Balaban J connectivity index is 1.30. The fourth-order valence-electron chi connectivity index (χ4n) is 4.64. The Morgan fingerprint density at radius 3 is 2.32 bits per heavy atom. The molecule has 0 aromatic carbocycles. The van der Waals surface area contributed by atoms with Crippen LogP contribution in [-0.4, -0.2) is 73.0 Å². The molecule has 1 amide bonds. The predicted molar refractivity (Wildman–Crippen MR) is 104 cm³/mol. The van der Waals surface area contributed by atoms with Crippen molar-refractivity contribution in [3.8, 4) is 0 Å². The lowest BCUT2D eigenvalue weighted by molar-refractivity contribution is -0.133. The van der Waals surface area contributed by atoms with E-state index in [1.54, 1.807) is 0 Å². The molecule has 2 heterocycles. The number of carbonyl (C=O) groups excluding carboxylic acids is 1. The van der Waals surface area contributed by atoms with Crippen molar-refractivity contribution in [3.63, 3.8) is 0 Å². The number of amides is 1. The van der Waals surface area contributed by atoms with Crippen molar-refractivity contribution in [3.05, 3.63) is 12.2 Å². The Bertz CT molecular complexity index is 434. The first-order chi connectivity index (χ1) is 12.2. The van der Waals surface area contributed by atoms with E-state index in [1.807, 2.05) is 0 Å². The third-order valence-electron chi connectivity index (χ3n) is 6.54. The number of rotatable bonds is 6. The van der Waals surface area contributed by atoms with Gasteiger partial charge in [0, 0.05) is 39.1 Å². The Labute approximate surface area is 154 Å². The zero-order valence-corrected chi connectivity index (χ0v) is 16.2. The molecule has 0 unspecified atom stereocenters. The molecule has 0 aromatic rings. The van der Waals surface area contributed by atoms with Crippen LogP contribution in [0.25, 0.3) is 0 Å². The molecule has 2 saturated heterocycles. The number of hydrogen-bond donors (Lipinski definition) is 0. The van der Waals surface area contributed by atoms with Crippen molar-refractivity contribution in [2.45, 2.75) is 51.9 Å². The summed E-state index contributed by atoms with van der Waals surface area (Å²) in [4.78, 5) is 19.7. The van der Waals surface area contributed by atoms with E-state index >= 15 is 0 Å². The number of piperidine rings is 1. The minimum absolute atomic E-state index is 0.396. The molecule has 3 rings (SSSR count). The molecule has 142 valence electrons. The van der Waals surface area contributed by atoms with Gasteiger partial charge in [0.1, 0.15) is 0 Å². The summed E-state index contributed by atoms with van der Waals surface area (Å²) in [7, 11) is 0. The Morgan fingerprint density at radius 2 is 1.68 bits per heavy atom. The van der Waals surface area contributed by atoms with E-state index in [-0.39, 0.29) is 0 Å². The Kier molecular flexibility index (Phi) is 7.35. The minimum Gasteiger partial charge on any atom is -0.340 e. The summed E-state index contributed by atoms with van der Waals surface area (Å²) in [5, 5.41) is 0. The van der Waals surface area contributed by atoms with Crippen molar-refractivity contribution in [2.75, 3.05) is 52.4 Å². The van der Waals surface area contributed by atoms with Gasteiger partial charge in [0.15, 0.2) is 0 Å². The predicted octanol–water partition coefficient (Wildman–Crippen LogP) is 3.00. The van der Waals surface area contributed by atoms with Crippen molar-refractivity contribution < 1.29 is 4.79 Å². The summed E-state index contributed by atoms with van der Waals surface area (Å²) < 4.78 is 0. The molecule has 0 saturated carbocycles. The van der Waals surface area contributed by atoms with Crippen molar-refractivity contribution in [1.82, 2.24) is 14.7 Å². The van der Waals surface area contributed by atoms with Crippen LogP contribution in [0.3, 0.4) is 0 Å². The lowest BCUT2D eigenvalue weighted by atomic mass is 9.89. The van der Waals surface area contributed by atoms with Gasteiger partial charge in [-0.05, 0) is 70.0 Å². The van der Waals surface area contributed by atoms with E-state index in [2.05, 4.69) is 33.8 Å². The van der Waals surface area contributed by atoms with Gasteiger partial charge in [-0.1, -0.05) is 19.1 Å². The number of hydrogen-bond acceptors (Lipinski definition) is 3. The average molecular weight is 348 g/mol.